The molecule has 0 bridgehead atoms. The van der Waals surface area contributed by atoms with E-state index in [0.717, 1.165) is 0 Å². The Labute approximate surface area is 305 Å². The normalized spacial score (nSPS) is 14.1. The van der Waals surface area contributed by atoms with Crippen molar-refractivity contribution in [2.75, 3.05) is 0 Å². The Bertz CT molecular complexity index is 1740. The number of hydrogen-bond acceptors (Lipinski definition) is 0. The van der Waals surface area contributed by atoms with Gasteiger partial charge in [0.05, 0.1) is 0 Å². The van der Waals surface area contributed by atoms with E-state index in [-0.39, 0.29) is 35.6 Å². The Kier molecular flexibility index (Phi) is 14.3. The molecule has 0 amide bonds. The molecule has 0 heterocycles. The number of aryl methyl sites for hydroxylation is 1. The first kappa shape index (κ1) is 39.7. The zero-order valence-corrected chi connectivity index (χ0v) is 33.1. The molecule has 1 aliphatic rings. The van der Waals surface area contributed by atoms with E-state index in [2.05, 4.69) is 172 Å². The second-order valence-electron chi connectivity index (χ2n) is 14.2. The fourth-order valence-electron chi connectivity index (χ4n) is 5.50. The van der Waals surface area contributed by atoms with Crippen molar-refractivity contribution in [1.82, 2.24) is 0 Å². The van der Waals surface area contributed by atoms with Gasteiger partial charge in [-0.1, -0.05) is 127 Å². The molecule has 0 saturated heterocycles. The van der Waals surface area contributed by atoms with E-state index >= 15 is 0 Å². The predicted molar refractivity (Wildman–Crippen MR) is 191 cm³/mol. The van der Waals surface area contributed by atoms with Gasteiger partial charge in [-0.3, -0.25) is 6.08 Å². The van der Waals surface area contributed by atoms with Gasteiger partial charge in [-0.2, -0.15) is 11.6 Å². The van der Waals surface area contributed by atoms with E-state index < -0.39 is 0 Å². The van der Waals surface area contributed by atoms with E-state index in [0.29, 0.717) is 5.92 Å². The SMILES string of the molecule is CC(C)(C)c1ccc2[cH-]c3ccc(C(C)(C)C)cc3c2c1.CC1=[C-]C(C)C=C1c1ccccc1.C[C](=[Zr+2])c1ccc(C)cc1.[Cl-].[Cl-]. The van der Waals surface area contributed by atoms with Crippen molar-refractivity contribution in [3.8, 4) is 0 Å². The maximum Gasteiger partial charge on any atom is -1.00 e. The van der Waals surface area contributed by atoms with Crippen LogP contribution in [0.2, 0.25) is 0 Å². The maximum atomic E-state index is 3.39. The van der Waals surface area contributed by atoms with Crippen LogP contribution in [0, 0.1) is 18.9 Å². The standard InChI is InChI=1S/C21H25.C13H13.C9H10.2ClH.Zr/c1-20(2,3)16-9-7-14-11-15-8-10-17(21(4,5)6)13-19(15)18(14)12-16;1-10-8-11(2)13(9-10)12-6-4-3-5-7-12;1-3-9-6-4-8(2)5-7-9;;;/h7-13H,1-6H3;3-7,9-10H,1-2H3;4-7H,1-2H3;2*1H;/q2*-1;;;;+2/p-2. The summed E-state index contributed by atoms with van der Waals surface area (Å²) >= 11 is 1.51. The van der Waals surface area contributed by atoms with Crippen LogP contribution in [0.5, 0.6) is 0 Å². The molecular weight excluding hydrogens is 679 g/mol. The molecule has 1 atom stereocenters. The maximum absolute atomic E-state index is 3.39. The number of allylic oxidation sites excluding steroid dienone is 4. The van der Waals surface area contributed by atoms with Crippen LogP contribution in [0.3, 0.4) is 0 Å². The molecule has 5 aromatic carbocycles. The summed E-state index contributed by atoms with van der Waals surface area (Å²) < 4.78 is 1.46. The summed E-state index contributed by atoms with van der Waals surface area (Å²) in [4.78, 5) is 0. The Morgan fingerprint density at radius 1 is 0.696 bits per heavy atom. The van der Waals surface area contributed by atoms with Crippen molar-refractivity contribution in [1.29, 1.82) is 0 Å². The van der Waals surface area contributed by atoms with Crippen LogP contribution >= 0.6 is 0 Å². The molecule has 1 aliphatic carbocycles. The van der Waals surface area contributed by atoms with Crippen LogP contribution in [-0.4, -0.2) is 3.21 Å². The van der Waals surface area contributed by atoms with Gasteiger partial charge in [-0.05, 0) is 10.8 Å². The van der Waals surface area contributed by atoms with Gasteiger partial charge in [0.1, 0.15) is 0 Å². The van der Waals surface area contributed by atoms with Crippen LogP contribution < -0.4 is 24.8 Å². The Hall–Kier alpha value is -2.44. The van der Waals surface area contributed by atoms with Crippen molar-refractivity contribution >= 4 is 30.3 Å². The first-order valence-electron chi connectivity index (χ1n) is 15.8. The van der Waals surface area contributed by atoms with E-state index in [1.54, 1.807) is 0 Å². The average Bonchev–Trinajstić information content (AvgIpc) is 3.51. The molecule has 0 saturated carbocycles. The van der Waals surface area contributed by atoms with Crippen LogP contribution in [0.15, 0.2) is 109 Å². The largest absolute Gasteiger partial charge is 1.00 e. The summed E-state index contributed by atoms with van der Waals surface area (Å²) in [5.74, 6) is 0.468. The molecule has 3 heteroatoms. The third-order valence-electron chi connectivity index (χ3n) is 8.27. The molecule has 46 heavy (non-hydrogen) atoms. The second-order valence-corrected chi connectivity index (χ2v) is 16.1. The predicted octanol–water partition coefficient (Wildman–Crippen LogP) is 5.87. The van der Waals surface area contributed by atoms with E-state index in [1.165, 1.54) is 87.9 Å². The van der Waals surface area contributed by atoms with Crippen LogP contribution in [0.25, 0.3) is 27.1 Å². The van der Waals surface area contributed by atoms with Gasteiger partial charge in [0.25, 0.3) is 0 Å². The van der Waals surface area contributed by atoms with Crippen LogP contribution in [-0.2, 0) is 35.1 Å². The molecule has 6 rings (SSSR count). The first-order chi connectivity index (χ1) is 20.6. The van der Waals surface area contributed by atoms with Gasteiger partial charge in [0.15, 0.2) is 0 Å². The van der Waals surface area contributed by atoms with Gasteiger partial charge >= 0.3 is 76.7 Å². The van der Waals surface area contributed by atoms with E-state index in [4.69, 9.17) is 0 Å². The molecule has 240 valence electrons. The van der Waals surface area contributed by atoms with Crippen molar-refractivity contribution in [2.45, 2.75) is 80.1 Å². The molecule has 0 aliphatic heterocycles. The topological polar surface area (TPSA) is 0 Å². The van der Waals surface area contributed by atoms with Crippen molar-refractivity contribution < 1.29 is 49.0 Å². The quantitative estimate of drug-likeness (QED) is 0.200. The van der Waals surface area contributed by atoms with Crippen LogP contribution in [0.4, 0.5) is 0 Å². The molecule has 0 radical (unpaired) electrons. The summed E-state index contributed by atoms with van der Waals surface area (Å²) in [7, 11) is 0. The van der Waals surface area contributed by atoms with Crippen molar-refractivity contribution in [2.24, 2.45) is 5.92 Å². The van der Waals surface area contributed by atoms with Crippen molar-refractivity contribution in [3.05, 3.63) is 143 Å². The molecular formula is C43H48Cl2Zr-2. The second kappa shape index (κ2) is 16.6. The van der Waals surface area contributed by atoms with E-state index in [1.807, 2.05) is 6.07 Å². The number of hydrogen-bond donors (Lipinski definition) is 0. The molecule has 0 fully saturated rings. The van der Waals surface area contributed by atoms with Gasteiger partial charge < -0.3 is 24.8 Å². The minimum absolute atomic E-state index is 0. The molecule has 1 unspecified atom stereocenters. The van der Waals surface area contributed by atoms with E-state index in [9.17, 15) is 0 Å². The zero-order chi connectivity index (χ0) is 32.2. The average molecular weight is 727 g/mol. The van der Waals surface area contributed by atoms with Crippen LogP contribution in [0.1, 0.15) is 90.1 Å². The Morgan fingerprint density at radius 2 is 1.17 bits per heavy atom. The molecule has 5 aromatic rings. The Morgan fingerprint density at radius 3 is 1.57 bits per heavy atom. The molecule has 0 N–H and O–H groups in total. The minimum Gasteiger partial charge on any atom is -1.00 e. The first-order valence-corrected chi connectivity index (χ1v) is 17.0. The summed E-state index contributed by atoms with van der Waals surface area (Å²) in [5, 5.41) is 5.49. The molecule has 0 nitrogen and oxygen atoms in total. The third-order valence-corrected chi connectivity index (χ3v) is 8.98. The number of rotatable bonds is 2. The minimum atomic E-state index is 0. The fourth-order valence-corrected chi connectivity index (χ4v) is 5.91. The zero-order valence-electron chi connectivity index (χ0n) is 29.1. The summed E-state index contributed by atoms with van der Waals surface area (Å²) in [6.45, 7) is 22.2. The fraction of sp³-hybridized carbons (Fsp3) is 0.302. The van der Waals surface area contributed by atoms with Gasteiger partial charge in [0, 0.05) is 0 Å². The number of halogens is 2. The monoisotopic (exact) mass is 724 g/mol. The molecule has 0 aromatic heterocycles. The van der Waals surface area contributed by atoms with Gasteiger partial charge in [-0.15, -0.1) is 45.3 Å². The van der Waals surface area contributed by atoms with Gasteiger partial charge in [0.2, 0.25) is 0 Å². The smallest absolute Gasteiger partial charge is 1.00 e. The Balaban J connectivity index is 0.000000254. The van der Waals surface area contributed by atoms with Crippen molar-refractivity contribution in [3.63, 3.8) is 0 Å². The third kappa shape index (κ3) is 10.3. The van der Waals surface area contributed by atoms with Gasteiger partial charge in [-0.25, -0.2) is 5.57 Å². The molecule has 0 spiro atoms. The number of benzene rings is 4. The summed E-state index contributed by atoms with van der Waals surface area (Å²) in [6, 6.07) is 35.3. The summed E-state index contributed by atoms with van der Waals surface area (Å²) in [6.07, 6.45) is 5.66. The number of fused-ring (bicyclic) bond motifs is 3. The summed E-state index contributed by atoms with van der Waals surface area (Å²) in [5.41, 5.74) is 9.83.